The fourth-order valence-corrected chi connectivity index (χ4v) is 2.56. The Kier molecular flexibility index (Phi) is 2.60. The number of anilines is 1. The largest absolute Gasteiger partial charge is 0.398 e. The van der Waals surface area contributed by atoms with Gasteiger partial charge in [0, 0.05) is 11.3 Å². The van der Waals surface area contributed by atoms with Crippen molar-refractivity contribution in [3.05, 3.63) is 54.1 Å². The van der Waals surface area contributed by atoms with Gasteiger partial charge in [-0.3, -0.25) is 0 Å². The van der Waals surface area contributed by atoms with Gasteiger partial charge in [-0.15, -0.1) is 0 Å². The van der Waals surface area contributed by atoms with E-state index in [-0.39, 0.29) is 0 Å². The van der Waals surface area contributed by atoms with E-state index in [1.165, 1.54) is 36.0 Å². The molecular weight excluding hydrogens is 206 g/mol. The molecule has 0 heterocycles. The van der Waals surface area contributed by atoms with E-state index in [0.29, 0.717) is 0 Å². The van der Waals surface area contributed by atoms with Gasteiger partial charge in [-0.1, -0.05) is 48.9 Å². The van der Waals surface area contributed by atoms with Crippen LogP contribution in [0.3, 0.4) is 0 Å². The van der Waals surface area contributed by atoms with Crippen molar-refractivity contribution in [3.8, 4) is 11.1 Å². The number of nitrogen functional groups attached to an aromatic ring is 1. The van der Waals surface area contributed by atoms with Crippen LogP contribution in [0.25, 0.3) is 11.1 Å². The summed E-state index contributed by atoms with van der Waals surface area (Å²) in [6.45, 7) is 0. The highest BCUT2D eigenvalue weighted by molar-refractivity contribution is 5.78. The number of hydrogen-bond acceptors (Lipinski definition) is 1. The summed E-state index contributed by atoms with van der Waals surface area (Å²) in [6.07, 6.45) is 4.01. The van der Waals surface area contributed by atoms with E-state index in [1.54, 1.807) is 0 Å². The molecule has 0 bridgehead atoms. The minimum Gasteiger partial charge on any atom is -0.398 e. The van der Waals surface area contributed by atoms with Gasteiger partial charge < -0.3 is 5.73 Å². The summed E-state index contributed by atoms with van der Waals surface area (Å²) in [6, 6.07) is 16.8. The standard InChI is InChI=1S/C16H17N/c17-16-11-4-3-10-15(16)14-9-2-1-8-13(14)12-6-5-7-12/h1-4,8-12H,5-7,17H2. The molecule has 1 nitrogen and oxygen atoms in total. The first-order valence-electron chi connectivity index (χ1n) is 6.30. The Hall–Kier alpha value is -1.76. The van der Waals surface area contributed by atoms with E-state index >= 15 is 0 Å². The molecule has 0 aromatic heterocycles. The molecule has 2 aromatic carbocycles. The predicted octanol–water partition coefficient (Wildman–Crippen LogP) is 4.20. The van der Waals surface area contributed by atoms with E-state index in [9.17, 15) is 0 Å². The van der Waals surface area contributed by atoms with E-state index in [2.05, 4.69) is 36.4 Å². The molecular formula is C16H17N. The second-order valence-electron chi connectivity index (χ2n) is 4.80. The van der Waals surface area contributed by atoms with Gasteiger partial charge in [0.05, 0.1) is 0 Å². The van der Waals surface area contributed by atoms with Crippen molar-refractivity contribution < 1.29 is 0 Å². The Morgan fingerprint density at radius 3 is 2.12 bits per heavy atom. The van der Waals surface area contributed by atoms with Crippen LogP contribution >= 0.6 is 0 Å². The molecule has 0 aliphatic heterocycles. The molecule has 1 heteroatoms. The first-order chi connectivity index (χ1) is 8.36. The van der Waals surface area contributed by atoms with Crippen molar-refractivity contribution >= 4 is 5.69 Å². The van der Waals surface area contributed by atoms with E-state index in [1.807, 2.05) is 12.1 Å². The van der Waals surface area contributed by atoms with Gasteiger partial charge in [0.25, 0.3) is 0 Å². The van der Waals surface area contributed by atoms with E-state index in [4.69, 9.17) is 5.73 Å². The minimum absolute atomic E-state index is 0.741. The van der Waals surface area contributed by atoms with Gasteiger partial charge in [0.2, 0.25) is 0 Å². The van der Waals surface area contributed by atoms with Gasteiger partial charge in [0.15, 0.2) is 0 Å². The van der Waals surface area contributed by atoms with Crippen LogP contribution < -0.4 is 5.73 Å². The maximum Gasteiger partial charge on any atom is 0.0393 e. The van der Waals surface area contributed by atoms with Gasteiger partial charge in [-0.2, -0.15) is 0 Å². The van der Waals surface area contributed by atoms with E-state index in [0.717, 1.165) is 11.6 Å². The number of benzene rings is 2. The molecule has 0 radical (unpaired) electrons. The number of rotatable bonds is 2. The van der Waals surface area contributed by atoms with Gasteiger partial charge in [-0.05, 0) is 36.0 Å². The third kappa shape index (κ3) is 1.82. The van der Waals surface area contributed by atoms with Crippen molar-refractivity contribution in [1.82, 2.24) is 0 Å². The van der Waals surface area contributed by atoms with Crippen molar-refractivity contribution in [1.29, 1.82) is 0 Å². The lowest BCUT2D eigenvalue weighted by Crippen LogP contribution is -2.10. The van der Waals surface area contributed by atoms with Gasteiger partial charge in [-0.25, -0.2) is 0 Å². The Morgan fingerprint density at radius 2 is 1.47 bits per heavy atom. The van der Waals surface area contributed by atoms with Crippen LogP contribution in [-0.2, 0) is 0 Å². The van der Waals surface area contributed by atoms with Crippen molar-refractivity contribution in [2.24, 2.45) is 0 Å². The number of nitrogens with two attached hydrogens (primary N) is 1. The predicted molar refractivity (Wildman–Crippen MR) is 72.9 cm³/mol. The molecule has 86 valence electrons. The summed E-state index contributed by atoms with van der Waals surface area (Å²) in [5, 5.41) is 0. The topological polar surface area (TPSA) is 26.0 Å². The van der Waals surface area contributed by atoms with Crippen molar-refractivity contribution in [2.75, 3.05) is 5.73 Å². The number of hydrogen-bond donors (Lipinski definition) is 1. The normalized spacial score (nSPS) is 15.5. The maximum absolute atomic E-state index is 6.08. The summed E-state index contributed by atoms with van der Waals surface area (Å²) in [5.74, 6) is 0.741. The van der Waals surface area contributed by atoms with Crippen LogP contribution in [0, 0.1) is 0 Å². The Balaban J connectivity index is 2.11. The lowest BCUT2D eigenvalue weighted by atomic mass is 9.77. The van der Waals surface area contributed by atoms with Crippen LogP contribution in [0.4, 0.5) is 5.69 Å². The molecule has 0 atom stereocenters. The first kappa shape index (κ1) is 10.4. The summed E-state index contributed by atoms with van der Waals surface area (Å²) in [5.41, 5.74) is 10.9. The quantitative estimate of drug-likeness (QED) is 0.758. The SMILES string of the molecule is Nc1ccccc1-c1ccccc1C1CCC1. The maximum atomic E-state index is 6.08. The van der Waals surface area contributed by atoms with E-state index < -0.39 is 0 Å². The minimum atomic E-state index is 0.741. The Labute approximate surface area is 102 Å². The molecule has 17 heavy (non-hydrogen) atoms. The highest BCUT2D eigenvalue weighted by atomic mass is 14.6. The van der Waals surface area contributed by atoms with Crippen LogP contribution in [-0.4, -0.2) is 0 Å². The average molecular weight is 223 g/mol. The van der Waals surface area contributed by atoms with Crippen LogP contribution in [0.5, 0.6) is 0 Å². The summed E-state index contributed by atoms with van der Waals surface area (Å²) in [7, 11) is 0. The van der Waals surface area contributed by atoms with Crippen LogP contribution in [0.1, 0.15) is 30.7 Å². The molecule has 0 amide bonds. The third-order valence-electron chi connectivity index (χ3n) is 3.76. The molecule has 1 aliphatic rings. The monoisotopic (exact) mass is 223 g/mol. The zero-order valence-corrected chi connectivity index (χ0v) is 9.89. The smallest absolute Gasteiger partial charge is 0.0393 e. The molecule has 1 aliphatic carbocycles. The lowest BCUT2D eigenvalue weighted by Gasteiger charge is -2.28. The van der Waals surface area contributed by atoms with Crippen LogP contribution in [0.15, 0.2) is 48.5 Å². The van der Waals surface area contributed by atoms with Crippen molar-refractivity contribution in [2.45, 2.75) is 25.2 Å². The molecule has 1 fully saturated rings. The summed E-state index contributed by atoms with van der Waals surface area (Å²) < 4.78 is 0. The van der Waals surface area contributed by atoms with Crippen molar-refractivity contribution in [3.63, 3.8) is 0 Å². The Morgan fingerprint density at radius 1 is 0.824 bits per heavy atom. The van der Waals surface area contributed by atoms with Gasteiger partial charge in [0.1, 0.15) is 0 Å². The van der Waals surface area contributed by atoms with Gasteiger partial charge >= 0.3 is 0 Å². The highest BCUT2D eigenvalue weighted by Gasteiger charge is 2.22. The zero-order valence-electron chi connectivity index (χ0n) is 9.89. The highest BCUT2D eigenvalue weighted by Crippen LogP contribution is 2.41. The molecule has 2 aromatic rings. The fourth-order valence-electron chi connectivity index (χ4n) is 2.56. The number of para-hydroxylation sites is 1. The second kappa shape index (κ2) is 4.25. The second-order valence-corrected chi connectivity index (χ2v) is 4.80. The summed E-state index contributed by atoms with van der Waals surface area (Å²) in [4.78, 5) is 0. The fraction of sp³-hybridized carbons (Fsp3) is 0.250. The average Bonchev–Trinajstić information content (AvgIpc) is 2.29. The lowest BCUT2D eigenvalue weighted by molar-refractivity contribution is 0.420. The molecule has 0 saturated heterocycles. The van der Waals surface area contributed by atoms with Crippen LogP contribution in [0.2, 0.25) is 0 Å². The first-order valence-corrected chi connectivity index (χ1v) is 6.30. The molecule has 2 N–H and O–H groups in total. The zero-order chi connectivity index (χ0) is 11.7. The molecule has 1 saturated carbocycles. The Bertz CT molecular complexity index is 527. The molecule has 0 unspecified atom stereocenters. The molecule has 3 rings (SSSR count). The molecule has 0 spiro atoms. The third-order valence-corrected chi connectivity index (χ3v) is 3.76. The summed E-state index contributed by atoms with van der Waals surface area (Å²) >= 11 is 0.